The third-order valence-corrected chi connectivity index (χ3v) is 3.71. The molecule has 0 spiro atoms. The van der Waals surface area contributed by atoms with Gasteiger partial charge in [-0.3, -0.25) is 25.4 Å². The molecule has 0 atom stereocenters. The van der Waals surface area contributed by atoms with Crippen molar-refractivity contribution in [1.29, 1.82) is 0 Å². The second-order valence-corrected chi connectivity index (χ2v) is 5.87. The third-order valence-electron chi connectivity index (χ3n) is 3.71. The molecule has 0 saturated heterocycles. The molecule has 0 aromatic carbocycles. The molecule has 3 rings (SSSR count). The van der Waals surface area contributed by atoms with Crippen molar-refractivity contribution in [2.24, 2.45) is 0 Å². The van der Waals surface area contributed by atoms with Gasteiger partial charge in [-0.25, -0.2) is 9.67 Å². The van der Waals surface area contributed by atoms with E-state index in [2.05, 4.69) is 25.9 Å². The maximum Gasteiger partial charge on any atom is 0.271 e. The largest absolute Gasteiger partial charge is 0.271 e. The fraction of sp³-hybridized carbons (Fsp3) is 0.235. The Balaban J connectivity index is 1.78. The number of fused-ring (bicyclic) bond motifs is 1. The van der Waals surface area contributed by atoms with Gasteiger partial charge in [0.15, 0.2) is 5.65 Å². The summed E-state index contributed by atoms with van der Waals surface area (Å²) in [6, 6.07) is 5.14. The molecular weight excluding hydrogens is 320 g/mol. The van der Waals surface area contributed by atoms with Gasteiger partial charge >= 0.3 is 0 Å². The van der Waals surface area contributed by atoms with Crippen LogP contribution in [0, 0.1) is 6.92 Å². The minimum Gasteiger partial charge on any atom is -0.267 e. The number of aromatic nitrogens is 4. The van der Waals surface area contributed by atoms with Gasteiger partial charge in [0.25, 0.3) is 11.8 Å². The standard InChI is InChI=1S/C17H18N6O2/c1-10(2)23-15-13(9-19-23)7-14(11(3)20-15)17(25)22-21-16(24)12-5-4-6-18-8-12/h4-10H,1-3H3,(H,21,24)(H,22,25). The Morgan fingerprint density at radius 3 is 2.60 bits per heavy atom. The molecule has 2 N–H and O–H groups in total. The van der Waals surface area contributed by atoms with E-state index in [9.17, 15) is 9.59 Å². The lowest BCUT2D eigenvalue weighted by molar-refractivity contribution is 0.0846. The van der Waals surface area contributed by atoms with Gasteiger partial charge < -0.3 is 0 Å². The Morgan fingerprint density at radius 2 is 1.92 bits per heavy atom. The molecule has 0 radical (unpaired) electrons. The van der Waals surface area contributed by atoms with Crippen LogP contribution >= 0.6 is 0 Å². The number of carbonyl (C=O) groups excluding carboxylic acids is 2. The van der Waals surface area contributed by atoms with E-state index >= 15 is 0 Å². The molecule has 0 fully saturated rings. The molecule has 0 bridgehead atoms. The van der Waals surface area contributed by atoms with Crippen LogP contribution in [0.3, 0.4) is 0 Å². The molecule has 2 amide bonds. The molecule has 8 heteroatoms. The lowest BCUT2D eigenvalue weighted by Crippen LogP contribution is -2.42. The Labute approximate surface area is 144 Å². The van der Waals surface area contributed by atoms with Gasteiger partial charge in [0.05, 0.1) is 23.0 Å². The second-order valence-electron chi connectivity index (χ2n) is 5.87. The van der Waals surface area contributed by atoms with E-state index in [4.69, 9.17) is 0 Å². The van der Waals surface area contributed by atoms with Gasteiger partial charge in [0.2, 0.25) is 0 Å². The predicted octanol–water partition coefficient (Wildman–Crippen LogP) is 1.79. The molecule has 3 aromatic rings. The Morgan fingerprint density at radius 1 is 1.16 bits per heavy atom. The van der Waals surface area contributed by atoms with Crippen LogP contribution in [0.2, 0.25) is 0 Å². The summed E-state index contributed by atoms with van der Waals surface area (Å²) in [5, 5.41) is 5.06. The van der Waals surface area contributed by atoms with Crippen LogP contribution in [0.15, 0.2) is 36.8 Å². The van der Waals surface area contributed by atoms with Crippen molar-refractivity contribution >= 4 is 22.8 Å². The maximum absolute atomic E-state index is 12.4. The summed E-state index contributed by atoms with van der Waals surface area (Å²) in [6.45, 7) is 5.77. The number of nitrogens with one attached hydrogen (secondary N) is 2. The Bertz CT molecular complexity index is 933. The fourth-order valence-electron chi connectivity index (χ4n) is 2.42. The van der Waals surface area contributed by atoms with Crippen LogP contribution in [-0.4, -0.2) is 31.6 Å². The number of carbonyl (C=O) groups is 2. The smallest absolute Gasteiger partial charge is 0.267 e. The first-order valence-electron chi connectivity index (χ1n) is 7.83. The first-order valence-corrected chi connectivity index (χ1v) is 7.83. The van der Waals surface area contributed by atoms with Crippen molar-refractivity contribution in [3.05, 3.63) is 53.6 Å². The van der Waals surface area contributed by atoms with Crippen molar-refractivity contribution in [3.8, 4) is 0 Å². The molecule has 0 aliphatic heterocycles. The molecule has 25 heavy (non-hydrogen) atoms. The average Bonchev–Trinajstić information content (AvgIpc) is 3.02. The van der Waals surface area contributed by atoms with Gasteiger partial charge in [-0.15, -0.1) is 0 Å². The number of hydrogen-bond acceptors (Lipinski definition) is 5. The quantitative estimate of drug-likeness (QED) is 0.709. The van der Waals surface area contributed by atoms with E-state index in [1.54, 1.807) is 42.2 Å². The number of hydrogen-bond donors (Lipinski definition) is 2. The molecule has 0 saturated carbocycles. The lowest BCUT2D eigenvalue weighted by atomic mass is 10.1. The fourth-order valence-corrected chi connectivity index (χ4v) is 2.42. The zero-order valence-electron chi connectivity index (χ0n) is 14.1. The summed E-state index contributed by atoms with van der Waals surface area (Å²) in [4.78, 5) is 32.7. The van der Waals surface area contributed by atoms with Crippen LogP contribution in [-0.2, 0) is 0 Å². The number of nitrogens with zero attached hydrogens (tertiary/aromatic N) is 4. The minimum absolute atomic E-state index is 0.169. The second kappa shape index (κ2) is 6.68. The summed E-state index contributed by atoms with van der Waals surface area (Å²) in [6.07, 6.45) is 4.66. The van der Waals surface area contributed by atoms with E-state index in [1.165, 1.54) is 6.20 Å². The highest BCUT2D eigenvalue weighted by Gasteiger charge is 2.16. The summed E-state index contributed by atoms with van der Waals surface area (Å²) in [5.41, 5.74) is 6.78. The normalized spacial score (nSPS) is 10.9. The lowest BCUT2D eigenvalue weighted by Gasteiger charge is -2.10. The van der Waals surface area contributed by atoms with Crippen molar-refractivity contribution < 1.29 is 9.59 Å². The summed E-state index contributed by atoms with van der Waals surface area (Å²) >= 11 is 0. The highest BCUT2D eigenvalue weighted by molar-refractivity contribution is 6.01. The molecule has 0 aliphatic rings. The topological polar surface area (TPSA) is 102 Å². The van der Waals surface area contributed by atoms with Crippen LogP contribution in [0.25, 0.3) is 11.0 Å². The molecular formula is C17H18N6O2. The van der Waals surface area contributed by atoms with Gasteiger partial charge in [-0.1, -0.05) is 0 Å². The number of rotatable bonds is 3. The monoisotopic (exact) mass is 338 g/mol. The van der Waals surface area contributed by atoms with E-state index in [0.29, 0.717) is 16.8 Å². The first kappa shape index (κ1) is 16.6. The van der Waals surface area contributed by atoms with Gasteiger partial charge in [0.1, 0.15) is 0 Å². The molecule has 3 aromatic heterocycles. The van der Waals surface area contributed by atoms with Crippen LogP contribution in [0.1, 0.15) is 46.3 Å². The van der Waals surface area contributed by atoms with Crippen molar-refractivity contribution in [3.63, 3.8) is 0 Å². The zero-order valence-corrected chi connectivity index (χ0v) is 14.1. The highest BCUT2D eigenvalue weighted by Crippen LogP contribution is 2.19. The molecule has 0 aliphatic carbocycles. The van der Waals surface area contributed by atoms with Crippen molar-refractivity contribution in [1.82, 2.24) is 30.6 Å². The number of hydrazine groups is 1. The third kappa shape index (κ3) is 3.32. The minimum atomic E-state index is -0.444. The van der Waals surface area contributed by atoms with Crippen LogP contribution in [0.5, 0.6) is 0 Å². The SMILES string of the molecule is Cc1nc2c(cnn2C(C)C)cc1C(=O)NNC(=O)c1cccnc1. The Hall–Kier alpha value is -3.29. The predicted molar refractivity (Wildman–Crippen MR) is 91.8 cm³/mol. The highest BCUT2D eigenvalue weighted by atomic mass is 16.2. The summed E-state index contributed by atoms with van der Waals surface area (Å²) in [5.74, 6) is -0.887. The molecule has 3 heterocycles. The first-order chi connectivity index (χ1) is 12.0. The van der Waals surface area contributed by atoms with Crippen LogP contribution < -0.4 is 10.9 Å². The average molecular weight is 338 g/mol. The van der Waals surface area contributed by atoms with Crippen molar-refractivity contribution in [2.45, 2.75) is 26.8 Å². The maximum atomic E-state index is 12.4. The number of pyridine rings is 2. The van der Waals surface area contributed by atoms with E-state index in [1.807, 2.05) is 13.8 Å². The number of amides is 2. The summed E-state index contributed by atoms with van der Waals surface area (Å²) < 4.78 is 1.80. The molecule has 128 valence electrons. The molecule has 0 unspecified atom stereocenters. The van der Waals surface area contributed by atoms with E-state index in [0.717, 1.165) is 11.0 Å². The zero-order chi connectivity index (χ0) is 18.0. The van der Waals surface area contributed by atoms with Crippen LogP contribution in [0.4, 0.5) is 0 Å². The summed E-state index contributed by atoms with van der Waals surface area (Å²) in [7, 11) is 0. The number of aryl methyl sites for hydroxylation is 1. The van der Waals surface area contributed by atoms with Crippen molar-refractivity contribution in [2.75, 3.05) is 0 Å². The van der Waals surface area contributed by atoms with Gasteiger partial charge in [-0.05, 0) is 39.0 Å². The molecule has 8 nitrogen and oxygen atoms in total. The van der Waals surface area contributed by atoms with E-state index < -0.39 is 11.8 Å². The Kier molecular flexibility index (Phi) is 4.42. The van der Waals surface area contributed by atoms with E-state index in [-0.39, 0.29) is 6.04 Å². The van der Waals surface area contributed by atoms with Gasteiger partial charge in [0, 0.05) is 23.8 Å². The van der Waals surface area contributed by atoms with Gasteiger partial charge in [-0.2, -0.15) is 5.10 Å².